The second-order valence-corrected chi connectivity index (χ2v) is 5.30. The summed E-state index contributed by atoms with van der Waals surface area (Å²) in [5, 5.41) is 0. The number of hydrogen-bond donors (Lipinski definition) is 1. The van der Waals surface area contributed by atoms with E-state index in [9.17, 15) is 0 Å². The summed E-state index contributed by atoms with van der Waals surface area (Å²) in [5.41, 5.74) is 6.30. The maximum atomic E-state index is 6.03. The summed E-state index contributed by atoms with van der Waals surface area (Å²) < 4.78 is 0. The highest BCUT2D eigenvalue weighted by Crippen LogP contribution is 2.40. The first kappa shape index (κ1) is 12.0. The maximum absolute atomic E-state index is 6.03. The van der Waals surface area contributed by atoms with Gasteiger partial charge in [0, 0.05) is 12.1 Å². The van der Waals surface area contributed by atoms with E-state index >= 15 is 0 Å². The smallest absolute Gasteiger partial charge is 0.0356 e. The van der Waals surface area contributed by atoms with Crippen LogP contribution in [0.4, 0.5) is 0 Å². The monoisotopic (exact) mass is 198 g/mol. The molecule has 1 aliphatic rings. The van der Waals surface area contributed by atoms with Crippen molar-refractivity contribution in [2.75, 3.05) is 20.6 Å². The molecule has 1 aliphatic carbocycles. The van der Waals surface area contributed by atoms with Gasteiger partial charge >= 0.3 is 0 Å². The Hall–Kier alpha value is -0.0800. The van der Waals surface area contributed by atoms with Gasteiger partial charge < -0.3 is 10.6 Å². The average molecular weight is 198 g/mol. The van der Waals surface area contributed by atoms with Crippen molar-refractivity contribution >= 4 is 0 Å². The van der Waals surface area contributed by atoms with Crippen LogP contribution in [0.2, 0.25) is 0 Å². The van der Waals surface area contributed by atoms with Crippen molar-refractivity contribution < 1.29 is 0 Å². The van der Waals surface area contributed by atoms with Gasteiger partial charge in [0.2, 0.25) is 0 Å². The molecule has 0 radical (unpaired) electrons. The van der Waals surface area contributed by atoms with Crippen molar-refractivity contribution in [2.24, 2.45) is 17.6 Å². The Morgan fingerprint density at radius 3 is 2.36 bits per heavy atom. The molecular formula is C12H26N2. The van der Waals surface area contributed by atoms with E-state index in [4.69, 9.17) is 5.73 Å². The second kappa shape index (κ2) is 4.63. The van der Waals surface area contributed by atoms with Gasteiger partial charge in [-0.1, -0.05) is 26.7 Å². The molecule has 0 heterocycles. The number of nitrogens with two attached hydrogens (primary N) is 1. The van der Waals surface area contributed by atoms with Gasteiger partial charge in [0.05, 0.1) is 0 Å². The summed E-state index contributed by atoms with van der Waals surface area (Å²) in [6.45, 7) is 5.48. The zero-order valence-corrected chi connectivity index (χ0v) is 10.2. The number of nitrogens with zero attached hydrogens (tertiary/aromatic N) is 1. The van der Waals surface area contributed by atoms with E-state index < -0.39 is 0 Å². The van der Waals surface area contributed by atoms with Crippen LogP contribution in [-0.4, -0.2) is 31.1 Å². The first-order valence-corrected chi connectivity index (χ1v) is 5.92. The maximum Gasteiger partial charge on any atom is 0.0356 e. The summed E-state index contributed by atoms with van der Waals surface area (Å²) in [5.74, 6) is 1.53. The Kier molecular flexibility index (Phi) is 3.96. The van der Waals surface area contributed by atoms with Gasteiger partial charge in [0.1, 0.15) is 0 Å². The highest BCUT2D eigenvalue weighted by Gasteiger charge is 2.42. The van der Waals surface area contributed by atoms with Crippen molar-refractivity contribution in [2.45, 2.75) is 45.1 Å². The van der Waals surface area contributed by atoms with Crippen LogP contribution in [0.15, 0.2) is 0 Å². The summed E-state index contributed by atoms with van der Waals surface area (Å²) in [6, 6.07) is 0. The molecule has 1 saturated carbocycles. The van der Waals surface area contributed by atoms with E-state index in [0.717, 1.165) is 18.4 Å². The van der Waals surface area contributed by atoms with Crippen LogP contribution >= 0.6 is 0 Å². The Labute approximate surface area is 88.8 Å². The molecule has 14 heavy (non-hydrogen) atoms. The molecule has 0 amide bonds. The van der Waals surface area contributed by atoms with E-state index in [2.05, 4.69) is 32.8 Å². The van der Waals surface area contributed by atoms with Crippen LogP contribution in [0.5, 0.6) is 0 Å². The summed E-state index contributed by atoms with van der Waals surface area (Å²) in [6.07, 6.45) is 5.36. The zero-order valence-electron chi connectivity index (χ0n) is 10.2. The van der Waals surface area contributed by atoms with Gasteiger partial charge in [-0.25, -0.2) is 0 Å². The van der Waals surface area contributed by atoms with Crippen LogP contribution < -0.4 is 5.73 Å². The van der Waals surface area contributed by atoms with Gasteiger partial charge in [-0.2, -0.15) is 0 Å². The molecule has 0 bridgehead atoms. The van der Waals surface area contributed by atoms with Crippen molar-refractivity contribution in [3.8, 4) is 0 Å². The lowest BCUT2D eigenvalue weighted by Gasteiger charge is -2.50. The van der Waals surface area contributed by atoms with Crippen molar-refractivity contribution in [3.63, 3.8) is 0 Å². The van der Waals surface area contributed by atoms with Crippen LogP contribution in [-0.2, 0) is 0 Å². The third-order valence-corrected chi connectivity index (χ3v) is 4.11. The number of likely N-dealkylation sites (N-methyl/N-ethyl adjacent to an activating group) is 1. The predicted molar refractivity (Wildman–Crippen MR) is 62.3 cm³/mol. The molecule has 0 aromatic rings. The van der Waals surface area contributed by atoms with Gasteiger partial charge in [0.25, 0.3) is 0 Å². The standard InChI is InChI=1S/C12H26N2/c1-10(2)11-7-5-6-8-12(11,9-13)14(3)4/h10-11H,5-9,13H2,1-4H3. The van der Waals surface area contributed by atoms with E-state index in [-0.39, 0.29) is 5.54 Å². The highest BCUT2D eigenvalue weighted by molar-refractivity contribution is 4.98. The van der Waals surface area contributed by atoms with Crippen LogP contribution in [0.1, 0.15) is 39.5 Å². The summed E-state index contributed by atoms with van der Waals surface area (Å²) in [4.78, 5) is 2.37. The topological polar surface area (TPSA) is 29.3 Å². The minimum absolute atomic E-state index is 0.270. The van der Waals surface area contributed by atoms with E-state index in [0.29, 0.717) is 0 Å². The molecule has 0 aliphatic heterocycles. The lowest BCUT2D eigenvalue weighted by atomic mass is 9.67. The van der Waals surface area contributed by atoms with Gasteiger partial charge in [-0.15, -0.1) is 0 Å². The van der Waals surface area contributed by atoms with Gasteiger partial charge in [-0.05, 0) is 38.8 Å². The number of rotatable bonds is 3. The Morgan fingerprint density at radius 1 is 1.36 bits per heavy atom. The average Bonchev–Trinajstić information content (AvgIpc) is 2.17. The Bertz CT molecular complexity index is 177. The predicted octanol–water partition coefficient (Wildman–Crippen LogP) is 2.09. The van der Waals surface area contributed by atoms with E-state index in [1.807, 2.05) is 0 Å². The Balaban J connectivity index is 2.87. The summed E-state index contributed by atoms with van der Waals surface area (Å²) in [7, 11) is 4.38. The van der Waals surface area contributed by atoms with Crippen LogP contribution in [0, 0.1) is 11.8 Å². The fraction of sp³-hybridized carbons (Fsp3) is 1.00. The van der Waals surface area contributed by atoms with Crippen LogP contribution in [0.25, 0.3) is 0 Å². The Morgan fingerprint density at radius 2 is 2.00 bits per heavy atom. The molecule has 2 unspecified atom stereocenters. The van der Waals surface area contributed by atoms with Crippen molar-refractivity contribution in [1.29, 1.82) is 0 Å². The first-order chi connectivity index (χ1) is 6.54. The lowest BCUT2D eigenvalue weighted by molar-refractivity contribution is 0.0202. The quantitative estimate of drug-likeness (QED) is 0.752. The third kappa shape index (κ3) is 1.96. The van der Waals surface area contributed by atoms with E-state index in [1.165, 1.54) is 25.7 Å². The zero-order chi connectivity index (χ0) is 10.8. The summed E-state index contributed by atoms with van der Waals surface area (Å²) >= 11 is 0. The van der Waals surface area contributed by atoms with Crippen molar-refractivity contribution in [3.05, 3.63) is 0 Å². The second-order valence-electron chi connectivity index (χ2n) is 5.30. The van der Waals surface area contributed by atoms with Crippen molar-refractivity contribution in [1.82, 2.24) is 4.90 Å². The molecule has 2 nitrogen and oxygen atoms in total. The minimum Gasteiger partial charge on any atom is -0.329 e. The largest absolute Gasteiger partial charge is 0.329 e. The van der Waals surface area contributed by atoms with Gasteiger partial charge in [0.15, 0.2) is 0 Å². The van der Waals surface area contributed by atoms with Gasteiger partial charge in [-0.3, -0.25) is 0 Å². The minimum atomic E-state index is 0.270. The molecule has 0 aromatic carbocycles. The highest BCUT2D eigenvalue weighted by atomic mass is 15.2. The lowest BCUT2D eigenvalue weighted by Crippen LogP contribution is -2.58. The third-order valence-electron chi connectivity index (χ3n) is 4.11. The SMILES string of the molecule is CC(C)C1CCCCC1(CN)N(C)C. The molecule has 1 fully saturated rings. The normalized spacial score (nSPS) is 34.1. The fourth-order valence-corrected chi connectivity index (χ4v) is 3.19. The molecule has 2 N–H and O–H groups in total. The molecule has 0 aromatic heterocycles. The van der Waals surface area contributed by atoms with E-state index in [1.54, 1.807) is 0 Å². The number of hydrogen-bond acceptors (Lipinski definition) is 2. The molecular weight excluding hydrogens is 172 g/mol. The molecule has 1 rings (SSSR count). The molecule has 0 spiro atoms. The first-order valence-electron chi connectivity index (χ1n) is 5.92. The van der Waals surface area contributed by atoms with Crippen LogP contribution in [0.3, 0.4) is 0 Å². The molecule has 2 atom stereocenters. The fourth-order valence-electron chi connectivity index (χ4n) is 3.19. The molecule has 2 heteroatoms. The molecule has 84 valence electrons. The molecule has 0 saturated heterocycles.